The molecule has 6 nitrogen and oxygen atoms in total. The summed E-state index contributed by atoms with van der Waals surface area (Å²) < 4.78 is 42.0. The number of hydrogen-bond acceptors (Lipinski definition) is 5. The van der Waals surface area contributed by atoms with Crippen LogP contribution in [0.2, 0.25) is 0 Å². The third-order valence-electron chi connectivity index (χ3n) is 5.76. The molecule has 2 heterocycles. The Balaban J connectivity index is 1.58. The van der Waals surface area contributed by atoms with E-state index in [1.807, 2.05) is 19.9 Å². The van der Waals surface area contributed by atoms with Gasteiger partial charge < -0.3 is 4.90 Å². The molecule has 1 fully saturated rings. The first-order chi connectivity index (χ1) is 14.9. The molecule has 1 aromatic heterocycles. The van der Waals surface area contributed by atoms with Crippen LogP contribution in [0, 0.1) is 11.7 Å². The van der Waals surface area contributed by atoms with Crippen molar-refractivity contribution in [3.8, 4) is 0 Å². The third kappa shape index (κ3) is 4.55. The van der Waals surface area contributed by atoms with Crippen molar-refractivity contribution in [2.75, 3.05) is 24.5 Å². The van der Waals surface area contributed by atoms with E-state index in [4.69, 9.17) is 0 Å². The van der Waals surface area contributed by atoms with Crippen molar-refractivity contribution < 1.29 is 12.8 Å². The Kier molecular flexibility index (Phi) is 6.20. The molecule has 8 heteroatoms. The summed E-state index contributed by atoms with van der Waals surface area (Å²) in [6.45, 7) is 5.70. The van der Waals surface area contributed by atoms with Crippen molar-refractivity contribution in [3.05, 3.63) is 60.7 Å². The summed E-state index contributed by atoms with van der Waals surface area (Å²) in [5, 5.41) is 0.681. The lowest BCUT2D eigenvalue weighted by atomic mass is 9.97. The maximum atomic E-state index is 13.9. The lowest BCUT2D eigenvalue weighted by molar-refractivity contribution is 0.275. The van der Waals surface area contributed by atoms with Crippen LogP contribution < -0.4 is 4.90 Å². The highest BCUT2D eigenvalue weighted by atomic mass is 32.2. The zero-order valence-electron chi connectivity index (χ0n) is 17.8. The second kappa shape index (κ2) is 8.88. The van der Waals surface area contributed by atoms with Crippen LogP contribution in [0.25, 0.3) is 10.9 Å². The van der Waals surface area contributed by atoms with Crippen molar-refractivity contribution in [2.24, 2.45) is 5.92 Å². The van der Waals surface area contributed by atoms with E-state index in [9.17, 15) is 12.8 Å². The van der Waals surface area contributed by atoms with E-state index in [-0.39, 0.29) is 17.8 Å². The van der Waals surface area contributed by atoms with Gasteiger partial charge in [-0.05, 0) is 62.9 Å². The van der Waals surface area contributed by atoms with Crippen LogP contribution >= 0.6 is 0 Å². The van der Waals surface area contributed by atoms with Crippen LogP contribution in [0.15, 0.2) is 59.8 Å². The van der Waals surface area contributed by atoms with E-state index in [1.54, 1.807) is 34.6 Å². The minimum Gasteiger partial charge on any atom is -0.356 e. The summed E-state index contributed by atoms with van der Waals surface area (Å²) in [6.07, 6.45) is 3.35. The normalized spacial score (nSPS) is 17.6. The van der Waals surface area contributed by atoms with Gasteiger partial charge in [0.2, 0.25) is 10.0 Å². The molecular weight excluding hydrogens is 415 g/mol. The molecule has 0 bridgehead atoms. The summed E-state index contributed by atoms with van der Waals surface area (Å²) in [5.74, 6) is 0.529. The summed E-state index contributed by atoms with van der Waals surface area (Å²) in [6, 6.07) is 12.9. The van der Waals surface area contributed by atoms with Crippen LogP contribution in [0.4, 0.5) is 10.2 Å². The molecule has 0 saturated carbocycles. The summed E-state index contributed by atoms with van der Waals surface area (Å²) >= 11 is 0. The Morgan fingerprint density at radius 3 is 2.68 bits per heavy atom. The van der Waals surface area contributed by atoms with Crippen LogP contribution in [-0.4, -0.2) is 48.4 Å². The number of halogens is 1. The van der Waals surface area contributed by atoms with E-state index in [1.165, 1.54) is 18.5 Å². The van der Waals surface area contributed by atoms with Gasteiger partial charge in [-0.15, -0.1) is 0 Å². The first-order valence-electron chi connectivity index (χ1n) is 10.6. The van der Waals surface area contributed by atoms with Crippen molar-refractivity contribution in [1.29, 1.82) is 0 Å². The molecule has 31 heavy (non-hydrogen) atoms. The van der Waals surface area contributed by atoms with E-state index in [2.05, 4.69) is 14.9 Å². The first-order valence-corrected chi connectivity index (χ1v) is 12.0. The molecule has 0 aliphatic carbocycles. The van der Waals surface area contributed by atoms with Gasteiger partial charge in [-0.2, -0.15) is 4.31 Å². The second-order valence-electron chi connectivity index (χ2n) is 8.29. The van der Waals surface area contributed by atoms with E-state index < -0.39 is 10.0 Å². The molecule has 0 radical (unpaired) electrons. The number of fused-ring (bicyclic) bond motifs is 1. The fourth-order valence-electron chi connectivity index (χ4n) is 4.24. The van der Waals surface area contributed by atoms with Gasteiger partial charge in [0, 0.05) is 31.1 Å². The zero-order valence-corrected chi connectivity index (χ0v) is 18.6. The third-order valence-corrected chi connectivity index (χ3v) is 7.81. The SMILES string of the molecule is CC(C)N(CC1CCCN(c2ncnc3ccc(F)cc23)C1)S(=O)(=O)c1ccccc1. The van der Waals surface area contributed by atoms with Gasteiger partial charge in [0.15, 0.2) is 0 Å². The lowest BCUT2D eigenvalue weighted by Gasteiger charge is -2.37. The number of nitrogens with zero attached hydrogens (tertiary/aromatic N) is 4. The fourth-order valence-corrected chi connectivity index (χ4v) is 5.98. The maximum Gasteiger partial charge on any atom is 0.243 e. The second-order valence-corrected chi connectivity index (χ2v) is 10.2. The standard InChI is InChI=1S/C23H27FN4O2S/c1-17(2)28(31(29,30)20-8-4-3-5-9-20)15-18-7-6-12-27(14-18)23-21-13-19(24)10-11-22(21)25-16-26-23/h3-5,8-11,13,16-18H,6-7,12,14-15H2,1-2H3. The summed E-state index contributed by atoms with van der Waals surface area (Å²) in [5.41, 5.74) is 0.698. The molecule has 4 rings (SSSR count). The Morgan fingerprint density at radius 1 is 1.16 bits per heavy atom. The van der Waals surface area contributed by atoms with Gasteiger partial charge in [-0.25, -0.2) is 22.8 Å². The average Bonchev–Trinajstić information content (AvgIpc) is 2.77. The average molecular weight is 443 g/mol. The molecule has 1 atom stereocenters. The highest BCUT2D eigenvalue weighted by Crippen LogP contribution is 2.29. The van der Waals surface area contributed by atoms with Crippen molar-refractivity contribution >= 4 is 26.7 Å². The van der Waals surface area contributed by atoms with Crippen LogP contribution in [0.5, 0.6) is 0 Å². The first kappa shape index (κ1) is 21.6. The van der Waals surface area contributed by atoms with Crippen molar-refractivity contribution in [3.63, 3.8) is 0 Å². The molecule has 0 spiro atoms. The van der Waals surface area contributed by atoms with Crippen LogP contribution in [-0.2, 0) is 10.0 Å². The maximum absolute atomic E-state index is 13.9. The minimum absolute atomic E-state index is 0.146. The van der Waals surface area contributed by atoms with E-state index >= 15 is 0 Å². The number of sulfonamides is 1. The highest BCUT2D eigenvalue weighted by molar-refractivity contribution is 7.89. The van der Waals surface area contributed by atoms with Gasteiger partial charge in [0.25, 0.3) is 0 Å². The smallest absolute Gasteiger partial charge is 0.243 e. The quantitative estimate of drug-likeness (QED) is 0.575. The zero-order chi connectivity index (χ0) is 22.0. The molecule has 1 aliphatic rings. The molecular formula is C23H27FN4O2S. The van der Waals surface area contributed by atoms with E-state index in [0.717, 1.165) is 19.4 Å². The van der Waals surface area contributed by atoms with Gasteiger partial charge in [0.1, 0.15) is 18.0 Å². The predicted octanol–water partition coefficient (Wildman–Crippen LogP) is 4.08. The van der Waals surface area contributed by atoms with Gasteiger partial charge in [-0.1, -0.05) is 18.2 Å². The molecule has 3 aromatic rings. The van der Waals surface area contributed by atoms with Crippen molar-refractivity contribution in [1.82, 2.24) is 14.3 Å². The number of aromatic nitrogens is 2. The van der Waals surface area contributed by atoms with Gasteiger partial charge in [-0.3, -0.25) is 0 Å². The predicted molar refractivity (Wildman–Crippen MR) is 120 cm³/mol. The highest BCUT2D eigenvalue weighted by Gasteiger charge is 2.31. The molecule has 0 N–H and O–H groups in total. The Labute approximate surface area is 182 Å². The largest absolute Gasteiger partial charge is 0.356 e. The minimum atomic E-state index is -3.58. The number of benzene rings is 2. The topological polar surface area (TPSA) is 66.4 Å². The molecule has 0 amide bonds. The van der Waals surface area contributed by atoms with Crippen molar-refractivity contribution in [2.45, 2.75) is 37.6 Å². The lowest BCUT2D eigenvalue weighted by Crippen LogP contribution is -2.45. The number of hydrogen-bond donors (Lipinski definition) is 0. The molecule has 1 saturated heterocycles. The van der Waals surface area contributed by atoms with Crippen LogP contribution in [0.3, 0.4) is 0 Å². The molecule has 1 unspecified atom stereocenters. The van der Waals surface area contributed by atoms with Gasteiger partial charge >= 0.3 is 0 Å². The van der Waals surface area contributed by atoms with Crippen LogP contribution in [0.1, 0.15) is 26.7 Å². The summed E-state index contributed by atoms with van der Waals surface area (Å²) in [7, 11) is -3.58. The number of anilines is 1. The fraction of sp³-hybridized carbons (Fsp3) is 0.391. The Morgan fingerprint density at radius 2 is 1.94 bits per heavy atom. The molecule has 2 aromatic carbocycles. The Hall–Kier alpha value is -2.58. The van der Waals surface area contributed by atoms with Gasteiger partial charge in [0.05, 0.1) is 10.4 Å². The van der Waals surface area contributed by atoms with E-state index in [0.29, 0.717) is 34.7 Å². The molecule has 164 valence electrons. The summed E-state index contributed by atoms with van der Waals surface area (Å²) in [4.78, 5) is 11.1. The number of rotatable bonds is 6. The monoisotopic (exact) mass is 442 g/mol. The Bertz CT molecular complexity index is 1150. The molecule has 1 aliphatic heterocycles. The number of piperidine rings is 1.